The van der Waals surface area contributed by atoms with Gasteiger partial charge in [-0.05, 0) is 12.5 Å². The third-order valence-electron chi connectivity index (χ3n) is 4.27. The zero-order valence-electron chi connectivity index (χ0n) is 13.7. The van der Waals surface area contributed by atoms with Crippen LogP contribution in [0.1, 0.15) is 18.5 Å². The van der Waals surface area contributed by atoms with Gasteiger partial charge in [-0.25, -0.2) is 4.68 Å². The van der Waals surface area contributed by atoms with Gasteiger partial charge < -0.3 is 11.1 Å². The number of nitrogens with two attached hydrogens (primary N) is 1. The van der Waals surface area contributed by atoms with E-state index in [0.717, 1.165) is 11.1 Å². The molecule has 0 radical (unpaired) electrons. The first kappa shape index (κ1) is 15.1. The number of carbonyl (C=O) groups excluding carboxylic acids is 1. The van der Waals surface area contributed by atoms with Crippen LogP contribution >= 0.6 is 0 Å². The summed E-state index contributed by atoms with van der Waals surface area (Å²) in [6.45, 7) is 1.83. The number of primary amides is 1. The fourth-order valence-electron chi connectivity index (χ4n) is 3.12. The van der Waals surface area contributed by atoms with E-state index < -0.39 is 11.9 Å². The van der Waals surface area contributed by atoms with Crippen molar-refractivity contribution in [1.82, 2.24) is 14.8 Å². The average molecular weight is 331 g/mol. The van der Waals surface area contributed by atoms with E-state index in [0.29, 0.717) is 23.0 Å². The fraction of sp³-hybridized carbons (Fsp3) is 0.105. The molecule has 6 heteroatoms. The van der Waals surface area contributed by atoms with E-state index in [9.17, 15) is 4.79 Å². The lowest BCUT2D eigenvalue weighted by molar-refractivity contribution is -0.115. The lowest BCUT2D eigenvalue weighted by Crippen LogP contribution is -2.31. The average Bonchev–Trinajstić information content (AvgIpc) is 3.05. The topological polar surface area (TPSA) is 85.8 Å². The number of rotatable bonds is 3. The molecule has 2 aromatic carbocycles. The van der Waals surface area contributed by atoms with Crippen molar-refractivity contribution in [3.63, 3.8) is 0 Å². The van der Waals surface area contributed by atoms with Crippen molar-refractivity contribution >= 4 is 11.9 Å². The van der Waals surface area contributed by atoms with Crippen molar-refractivity contribution in [2.75, 3.05) is 5.32 Å². The zero-order chi connectivity index (χ0) is 17.4. The number of fused-ring (bicyclic) bond motifs is 1. The Morgan fingerprint density at radius 1 is 1.08 bits per heavy atom. The summed E-state index contributed by atoms with van der Waals surface area (Å²) < 4.78 is 1.73. The predicted octanol–water partition coefficient (Wildman–Crippen LogP) is 2.72. The number of allylic oxidation sites excluding steroid dienone is 1. The molecule has 0 aliphatic carbocycles. The van der Waals surface area contributed by atoms with Crippen LogP contribution in [0, 0.1) is 0 Å². The van der Waals surface area contributed by atoms with Gasteiger partial charge in [0.15, 0.2) is 5.82 Å². The van der Waals surface area contributed by atoms with E-state index in [2.05, 4.69) is 15.4 Å². The lowest BCUT2D eigenvalue weighted by Gasteiger charge is -2.27. The second-order valence-electron chi connectivity index (χ2n) is 5.91. The Hall–Kier alpha value is -3.41. The summed E-state index contributed by atoms with van der Waals surface area (Å²) in [6, 6.07) is 19.0. The van der Waals surface area contributed by atoms with E-state index in [4.69, 9.17) is 5.73 Å². The maximum absolute atomic E-state index is 12.1. The van der Waals surface area contributed by atoms with Crippen LogP contribution in [0.4, 0.5) is 5.95 Å². The molecule has 1 aromatic heterocycles. The summed E-state index contributed by atoms with van der Waals surface area (Å²) in [5.41, 5.74) is 8.69. The van der Waals surface area contributed by atoms with Gasteiger partial charge in [-0.3, -0.25) is 4.79 Å². The van der Waals surface area contributed by atoms with Gasteiger partial charge in [-0.1, -0.05) is 60.7 Å². The Bertz CT molecular complexity index is 960. The number of carbonyl (C=O) groups is 1. The SMILES string of the molecule is CC1=C(C(N)=O)[C@H](c2ccccc2)n2nc(-c3ccccc3)nc2N1. The van der Waals surface area contributed by atoms with Crippen LogP contribution in [0.15, 0.2) is 71.9 Å². The Labute approximate surface area is 145 Å². The largest absolute Gasteiger partial charge is 0.366 e. The van der Waals surface area contributed by atoms with Gasteiger partial charge in [0, 0.05) is 11.3 Å². The first-order valence-electron chi connectivity index (χ1n) is 7.99. The van der Waals surface area contributed by atoms with Crippen LogP contribution in [0.25, 0.3) is 11.4 Å². The summed E-state index contributed by atoms with van der Waals surface area (Å²) in [5.74, 6) is 0.721. The minimum atomic E-state index is -0.471. The Morgan fingerprint density at radius 3 is 2.36 bits per heavy atom. The number of hydrogen-bond acceptors (Lipinski definition) is 4. The minimum absolute atomic E-state index is 0.403. The predicted molar refractivity (Wildman–Crippen MR) is 95.6 cm³/mol. The fourth-order valence-corrected chi connectivity index (χ4v) is 3.12. The molecule has 124 valence electrons. The van der Waals surface area contributed by atoms with Crippen molar-refractivity contribution in [2.45, 2.75) is 13.0 Å². The van der Waals surface area contributed by atoms with Gasteiger partial charge in [-0.15, -0.1) is 5.10 Å². The van der Waals surface area contributed by atoms with Gasteiger partial charge in [0.25, 0.3) is 0 Å². The highest BCUT2D eigenvalue weighted by atomic mass is 16.1. The molecule has 1 atom stereocenters. The quantitative estimate of drug-likeness (QED) is 0.773. The number of aromatic nitrogens is 3. The first-order chi connectivity index (χ1) is 12.1. The molecular formula is C19H17N5O. The van der Waals surface area contributed by atoms with Crippen LogP contribution in [0.3, 0.4) is 0 Å². The van der Waals surface area contributed by atoms with Crippen molar-refractivity contribution in [3.05, 3.63) is 77.5 Å². The van der Waals surface area contributed by atoms with E-state index in [1.807, 2.05) is 67.6 Å². The monoisotopic (exact) mass is 331 g/mol. The van der Waals surface area contributed by atoms with Crippen LogP contribution in [-0.4, -0.2) is 20.7 Å². The van der Waals surface area contributed by atoms with Gasteiger partial charge in [-0.2, -0.15) is 4.98 Å². The second-order valence-corrected chi connectivity index (χ2v) is 5.91. The third kappa shape index (κ3) is 2.57. The van der Waals surface area contributed by atoms with Gasteiger partial charge in [0.05, 0.1) is 5.57 Å². The maximum atomic E-state index is 12.1. The molecule has 0 spiro atoms. The second kappa shape index (κ2) is 5.90. The number of amides is 1. The normalized spacial score (nSPS) is 16.3. The molecule has 0 bridgehead atoms. The van der Waals surface area contributed by atoms with Gasteiger partial charge in [0.2, 0.25) is 11.9 Å². The van der Waals surface area contributed by atoms with Crippen molar-refractivity contribution in [2.24, 2.45) is 5.73 Å². The molecule has 0 fully saturated rings. The van der Waals surface area contributed by atoms with Crippen molar-refractivity contribution in [1.29, 1.82) is 0 Å². The number of benzene rings is 2. The van der Waals surface area contributed by atoms with Crippen LogP contribution in [0.5, 0.6) is 0 Å². The van der Waals surface area contributed by atoms with E-state index in [1.165, 1.54) is 0 Å². The number of hydrogen-bond donors (Lipinski definition) is 2. The Balaban J connectivity index is 1.89. The van der Waals surface area contributed by atoms with Crippen LogP contribution < -0.4 is 11.1 Å². The lowest BCUT2D eigenvalue weighted by atomic mass is 9.95. The number of anilines is 1. The molecule has 0 unspecified atom stereocenters. The molecule has 6 nitrogen and oxygen atoms in total. The number of nitrogens with one attached hydrogen (secondary N) is 1. The maximum Gasteiger partial charge on any atom is 0.248 e. The Morgan fingerprint density at radius 2 is 1.72 bits per heavy atom. The standard InChI is InChI=1S/C19H17N5O/c1-12-15(17(20)25)16(13-8-4-2-5-9-13)24-19(21-12)22-18(23-24)14-10-6-3-7-11-14/h2-11,16H,1H3,(H2,20,25)(H,21,22,23)/t16-/m0/s1. The molecule has 1 amide bonds. The summed E-state index contributed by atoms with van der Waals surface area (Å²) in [5, 5.41) is 7.80. The Kier molecular flexibility index (Phi) is 3.57. The van der Waals surface area contributed by atoms with Crippen molar-refractivity contribution < 1.29 is 4.79 Å². The highest BCUT2D eigenvalue weighted by molar-refractivity contribution is 5.95. The highest BCUT2D eigenvalue weighted by Crippen LogP contribution is 2.35. The summed E-state index contributed by atoms with van der Waals surface area (Å²) in [7, 11) is 0. The molecule has 1 aliphatic rings. The van der Waals surface area contributed by atoms with E-state index >= 15 is 0 Å². The highest BCUT2D eigenvalue weighted by Gasteiger charge is 2.33. The number of nitrogens with zero attached hydrogens (tertiary/aromatic N) is 3. The summed E-state index contributed by atoms with van der Waals surface area (Å²) >= 11 is 0. The molecular weight excluding hydrogens is 314 g/mol. The first-order valence-corrected chi connectivity index (χ1v) is 7.99. The molecule has 0 saturated heterocycles. The van der Waals surface area contributed by atoms with E-state index in [-0.39, 0.29) is 0 Å². The molecule has 3 N–H and O–H groups in total. The molecule has 25 heavy (non-hydrogen) atoms. The molecule has 2 heterocycles. The molecule has 0 saturated carbocycles. The van der Waals surface area contributed by atoms with E-state index in [1.54, 1.807) is 4.68 Å². The smallest absolute Gasteiger partial charge is 0.248 e. The van der Waals surface area contributed by atoms with Crippen LogP contribution in [-0.2, 0) is 4.79 Å². The van der Waals surface area contributed by atoms with Gasteiger partial charge >= 0.3 is 0 Å². The minimum Gasteiger partial charge on any atom is -0.366 e. The van der Waals surface area contributed by atoms with Crippen LogP contribution in [0.2, 0.25) is 0 Å². The molecule has 3 aromatic rings. The zero-order valence-corrected chi connectivity index (χ0v) is 13.7. The summed E-state index contributed by atoms with van der Waals surface area (Å²) in [6.07, 6.45) is 0. The van der Waals surface area contributed by atoms with Gasteiger partial charge in [0.1, 0.15) is 6.04 Å². The third-order valence-corrected chi connectivity index (χ3v) is 4.27. The molecule has 1 aliphatic heterocycles. The summed E-state index contributed by atoms with van der Waals surface area (Å²) in [4.78, 5) is 16.7. The van der Waals surface area contributed by atoms with Crippen molar-refractivity contribution in [3.8, 4) is 11.4 Å². The molecule has 4 rings (SSSR count).